The third-order valence-corrected chi connectivity index (χ3v) is 8.46. The minimum Gasteiger partial charge on any atom is -0.458 e. The molecule has 5 heterocycles. The first-order valence-electron chi connectivity index (χ1n) is 14.0. The van der Waals surface area contributed by atoms with Crippen molar-refractivity contribution in [1.82, 2.24) is 20.0 Å². The number of rotatable bonds is 6. The number of aromatic nitrogens is 3. The van der Waals surface area contributed by atoms with E-state index >= 15 is 0 Å². The predicted octanol–water partition coefficient (Wildman–Crippen LogP) is 3.00. The van der Waals surface area contributed by atoms with E-state index < -0.39 is 23.5 Å². The highest BCUT2D eigenvalue weighted by atomic mass is 35.5. The number of hydrazone groups is 1. The van der Waals surface area contributed by atoms with Crippen LogP contribution in [0.2, 0.25) is 0 Å². The number of cyclic esters (lactones) is 1. The van der Waals surface area contributed by atoms with Gasteiger partial charge < -0.3 is 25.1 Å². The van der Waals surface area contributed by atoms with E-state index in [0.29, 0.717) is 28.9 Å². The first kappa shape index (κ1) is 29.2. The van der Waals surface area contributed by atoms with Gasteiger partial charge in [-0.25, -0.2) is 15.2 Å². The molecule has 1 amide bonds. The van der Waals surface area contributed by atoms with Gasteiger partial charge in [-0.05, 0) is 36.6 Å². The van der Waals surface area contributed by atoms with Crippen molar-refractivity contribution in [2.45, 2.75) is 44.6 Å². The van der Waals surface area contributed by atoms with Gasteiger partial charge in [0.15, 0.2) is 5.60 Å². The molecule has 5 aromatic rings. The Balaban J connectivity index is 0.00000343. The van der Waals surface area contributed by atoms with Gasteiger partial charge in [-0.3, -0.25) is 9.59 Å². The van der Waals surface area contributed by atoms with Crippen LogP contribution in [0, 0.1) is 0 Å². The van der Waals surface area contributed by atoms with Crippen LogP contribution in [0.5, 0.6) is 0 Å². The van der Waals surface area contributed by atoms with E-state index in [9.17, 15) is 19.5 Å². The average molecular weight is 613 g/mol. The molecule has 2 aliphatic rings. The van der Waals surface area contributed by atoms with Gasteiger partial charge in [0, 0.05) is 39.2 Å². The number of fused-ring (bicyclic) bond motifs is 6. The molecule has 0 radical (unpaired) electrons. The lowest BCUT2D eigenvalue weighted by molar-refractivity contribution is -0.172. The zero-order chi connectivity index (χ0) is 29.9. The number of nitrogens with zero attached hydrogens (tertiary/aromatic N) is 3. The Morgan fingerprint density at radius 3 is 2.75 bits per heavy atom. The third kappa shape index (κ3) is 4.48. The number of pyridine rings is 2. The number of esters is 1. The number of nitrogens with one attached hydrogen (secondary N) is 2. The van der Waals surface area contributed by atoms with Crippen LogP contribution >= 0.6 is 12.4 Å². The number of para-hydroxylation sites is 2. The molecule has 0 aliphatic carbocycles. The summed E-state index contributed by atoms with van der Waals surface area (Å²) in [6.07, 6.45) is 3.79. The fourth-order valence-electron chi connectivity index (χ4n) is 6.08. The highest BCUT2D eigenvalue weighted by Gasteiger charge is 2.45. The number of benzene rings is 2. The Bertz CT molecular complexity index is 2070. The Labute approximate surface area is 257 Å². The van der Waals surface area contributed by atoms with E-state index in [0.717, 1.165) is 27.4 Å². The van der Waals surface area contributed by atoms with Crippen molar-refractivity contribution in [1.29, 1.82) is 0 Å². The summed E-state index contributed by atoms with van der Waals surface area (Å²) in [4.78, 5) is 47.0. The van der Waals surface area contributed by atoms with Gasteiger partial charge in [0.2, 0.25) is 0 Å². The molecular weight excluding hydrogens is 584 g/mol. The standard InChI is InChI=1S/C32H28N6O5.ClH/c1-2-32(42)23-12-27-28-21(15-38(27)30(40)22(23)16-43-31(32)41)20(19-8-4-6-10-26(19)36-28)14-35-37-29(39)24(33)11-17-13-34-25-9-5-3-7-18(17)25;/h3-10,12-14,24,34,42H,2,11,15-16,33H2,1H3,(H,37,39);1H/t24?,32-;/m0./s1. The van der Waals surface area contributed by atoms with Gasteiger partial charge in [0.25, 0.3) is 11.5 Å². The van der Waals surface area contributed by atoms with Crippen LogP contribution in [-0.2, 0) is 39.5 Å². The molecule has 2 aromatic carbocycles. The maximum absolute atomic E-state index is 13.6. The van der Waals surface area contributed by atoms with Crippen molar-refractivity contribution < 1.29 is 19.4 Å². The van der Waals surface area contributed by atoms with Crippen molar-refractivity contribution in [3.8, 4) is 11.4 Å². The van der Waals surface area contributed by atoms with Crippen LogP contribution in [-0.4, -0.2) is 43.8 Å². The fraction of sp³-hybridized carbons (Fsp3) is 0.219. The Morgan fingerprint density at radius 2 is 1.95 bits per heavy atom. The van der Waals surface area contributed by atoms with Crippen molar-refractivity contribution in [2.75, 3.05) is 0 Å². The first-order chi connectivity index (χ1) is 20.8. The molecule has 0 fully saturated rings. The second kappa shape index (κ2) is 11.0. The number of aliphatic hydroxyl groups is 1. The van der Waals surface area contributed by atoms with Crippen molar-refractivity contribution in [3.05, 3.63) is 99.0 Å². The number of ether oxygens (including phenoxy) is 1. The van der Waals surface area contributed by atoms with Crippen molar-refractivity contribution in [2.24, 2.45) is 10.8 Å². The third-order valence-electron chi connectivity index (χ3n) is 8.46. The Morgan fingerprint density at radius 1 is 1.20 bits per heavy atom. The number of carbonyl (C=O) groups is 2. The molecule has 224 valence electrons. The number of nitrogens with two attached hydrogens (primary N) is 1. The molecule has 0 saturated heterocycles. The average Bonchev–Trinajstić information content (AvgIpc) is 3.60. The molecule has 7 rings (SSSR count). The zero-order valence-electron chi connectivity index (χ0n) is 23.7. The zero-order valence-corrected chi connectivity index (χ0v) is 24.5. The van der Waals surface area contributed by atoms with Crippen LogP contribution < -0.4 is 16.7 Å². The largest absolute Gasteiger partial charge is 0.458 e. The first-order valence-corrected chi connectivity index (χ1v) is 14.0. The number of H-pyrrole nitrogens is 1. The minimum atomic E-state index is -1.91. The summed E-state index contributed by atoms with van der Waals surface area (Å²) in [6, 6.07) is 16.1. The van der Waals surface area contributed by atoms with E-state index in [1.165, 1.54) is 0 Å². The number of aromatic amines is 1. The molecule has 1 unspecified atom stereocenters. The predicted molar refractivity (Wildman–Crippen MR) is 167 cm³/mol. The lowest BCUT2D eigenvalue weighted by atomic mass is 9.86. The Hall–Kier alpha value is -4.84. The molecular formula is C32H29ClN6O5. The molecule has 44 heavy (non-hydrogen) atoms. The van der Waals surface area contributed by atoms with E-state index in [-0.39, 0.29) is 48.7 Å². The summed E-state index contributed by atoms with van der Waals surface area (Å²) in [5, 5.41) is 17.2. The number of amides is 1. The lowest BCUT2D eigenvalue weighted by Gasteiger charge is -2.31. The molecule has 3 aromatic heterocycles. The number of carbonyl (C=O) groups excluding carboxylic acids is 2. The van der Waals surface area contributed by atoms with E-state index in [1.54, 1.807) is 23.8 Å². The van der Waals surface area contributed by atoms with Crippen molar-refractivity contribution in [3.63, 3.8) is 0 Å². The molecule has 0 spiro atoms. The molecule has 0 bridgehead atoms. The second-order valence-corrected chi connectivity index (χ2v) is 10.9. The second-order valence-electron chi connectivity index (χ2n) is 10.9. The summed E-state index contributed by atoms with van der Waals surface area (Å²) in [7, 11) is 0. The Kier molecular flexibility index (Phi) is 7.32. The van der Waals surface area contributed by atoms with E-state index in [1.807, 2.05) is 54.7 Å². The van der Waals surface area contributed by atoms with Gasteiger partial charge in [0.05, 0.1) is 41.3 Å². The molecule has 5 N–H and O–H groups in total. The van der Waals surface area contributed by atoms with Crippen LogP contribution in [0.15, 0.2) is 70.7 Å². The quantitative estimate of drug-likeness (QED) is 0.127. The SMILES string of the molecule is CC[C@@]1(O)C(=O)OCc2c1cc1n(c2=O)Cc2c-1nc1ccccc1c2C=NNC(=O)C(N)Cc1c[nH]c2ccccc12.Cl. The number of hydrogen-bond donors (Lipinski definition) is 4. The summed E-state index contributed by atoms with van der Waals surface area (Å²) in [5.74, 6) is -1.21. The fourth-order valence-corrected chi connectivity index (χ4v) is 6.08. The summed E-state index contributed by atoms with van der Waals surface area (Å²) < 4.78 is 6.74. The van der Waals surface area contributed by atoms with Crippen molar-refractivity contribution >= 4 is 52.3 Å². The maximum atomic E-state index is 13.6. The maximum Gasteiger partial charge on any atom is 0.343 e. The normalized spacial score (nSPS) is 17.6. The summed E-state index contributed by atoms with van der Waals surface area (Å²) in [5.41, 5.74) is 12.0. The van der Waals surface area contributed by atoms with Crippen LogP contribution in [0.1, 0.15) is 41.2 Å². The molecule has 0 saturated carbocycles. The number of hydrogen-bond acceptors (Lipinski definition) is 8. The number of halogens is 1. The topological polar surface area (TPSA) is 165 Å². The van der Waals surface area contributed by atoms with Crippen LogP contribution in [0.4, 0.5) is 0 Å². The van der Waals surface area contributed by atoms with Gasteiger partial charge in [-0.2, -0.15) is 5.10 Å². The summed E-state index contributed by atoms with van der Waals surface area (Å²) in [6.45, 7) is 1.65. The van der Waals surface area contributed by atoms with Crippen LogP contribution in [0.25, 0.3) is 33.2 Å². The molecule has 11 nitrogen and oxygen atoms in total. The summed E-state index contributed by atoms with van der Waals surface area (Å²) >= 11 is 0. The smallest absolute Gasteiger partial charge is 0.343 e. The molecule has 2 aliphatic heterocycles. The molecule has 2 atom stereocenters. The molecule has 12 heteroatoms. The van der Waals surface area contributed by atoms with Crippen LogP contribution in [0.3, 0.4) is 0 Å². The monoisotopic (exact) mass is 612 g/mol. The lowest BCUT2D eigenvalue weighted by Crippen LogP contribution is -2.44. The van der Waals surface area contributed by atoms with Gasteiger partial charge in [-0.15, -0.1) is 12.4 Å². The minimum absolute atomic E-state index is 0. The highest BCUT2D eigenvalue weighted by molar-refractivity contribution is 6.02. The van der Waals surface area contributed by atoms with E-state index in [2.05, 4.69) is 15.5 Å². The highest BCUT2D eigenvalue weighted by Crippen LogP contribution is 2.39. The van der Waals surface area contributed by atoms with Gasteiger partial charge in [0.1, 0.15) is 6.61 Å². The van der Waals surface area contributed by atoms with E-state index in [4.69, 9.17) is 15.5 Å². The van der Waals surface area contributed by atoms with Gasteiger partial charge >= 0.3 is 5.97 Å². The van der Waals surface area contributed by atoms with Gasteiger partial charge in [-0.1, -0.05) is 43.3 Å².